The summed E-state index contributed by atoms with van der Waals surface area (Å²) in [7, 11) is -22.2. The molecule has 0 aliphatic heterocycles. The van der Waals surface area contributed by atoms with Crippen LogP contribution in [0, 0.1) is 0 Å². The quantitative estimate of drug-likeness (QED) is 0.289. The highest BCUT2D eigenvalue weighted by Crippen LogP contribution is 2.75. The van der Waals surface area contributed by atoms with Crippen LogP contribution in [0.25, 0.3) is 0 Å². The molecule has 8 N–H and O–H groups in total. The Morgan fingerprint density at radius 2 is 0.750 bits per heavy atom. The highest BCUT2D eigenvalue weighted by molar-refractivity contribution is 7.71. The minimum atomic E-state index is -5.56. The molecule has 24 heavy (non-hydrogen) atoms. The smallest absolute Gasteiger partial charge is 0.324 e. The van der Waals surface area contributed by atoms with Gasteiger partial charge in [-0.05, 0) is 11.1 Å². The van der Waals surface area contributed by atoms with Crippen molar-refractivity contribution in [2.45, 2.75) is 10.8 Å². The third kappa shape index (κ3) is 5.16. The summed E-state index contributed by atoms with van der Waals surface area (Å²) in [5, 5.41) is -5.66. The molecule has 16 heteroatoms. The van der Waals surface area contributed by atoms with Gasteiger partial charge in [-0.25, -0.2) is 0 Å². The van der Waals surface area contributed by atoms with Gasteiger partial charge in [0.05, 0.1) is 0 Å². The highest BCUT2D eigenvalue weighted by Gasteiger charge is 2.51. The highest BCUT2D eigenvalue weighted by atomic mass is 31.2. The van der Waals surface area contributed by atoms with Crippen molar-refractivity contribution in [2.75, 3.05) is 0 Å². The van der Waals surface area contributed by atoms with E-state index in [1.165, 1.54) is 0 Å². The standard InChI is InChI=1S/C8H14O12P4/c9-21(10,11)7(22(12,13)14)5-3-1-2-4-6(5)8(23(15,16)17)24(18,19)20/h1-4,7-8H,(H2,9,10,11)(H2,12,13,14)(H2,15,16,17)(H2,18,19,20). The normalized spacial score (nSPS) is 14.4. The van der Waals surface area contributed by atoms with Gasteiger partial charge >= 0.3 is 30.4 Å². The number of hydrogen-bond donors (Lipinski definition) is 8. The van der Waals surface area contributed by atoms with E-state index in [2.05, 4.69) is 0 Å². The predicted molar refractivity (Wildman–Crippen MR) is 80.1 cm³/mol. The van der Waals surface area contributed by atoms with Gasteiger partial charge in [0.15, 0.2) is 10.8 Å². The molecule has 1 aromatic carbocycles. The van der Waals surface area contributed by atoms with Crippen molar-refractivity contribution in [3.63, 3.8) is 0 Å². The Bertz CT molecular complexity index is 684. The largest absolute Gasteiger partial charge is 0.345 e. The third-order valence-corrected chi connectivity index (χ3v) is 10.1. The van der Waals surface area contributed by atoms with E-state index in [4.69, 9.17) is 0 Å². The molecule has 0 saturated carbocycles. The van der Waals surface area contributed by atoms with Crippen LogP contribution in [0.3, 0.4) is 0 Å². The van der Waals surface area contributed by atoms with E-state index in [1.807, 2.05) is 0 Å². The van der Waals surface area contributed by atoms with Crippen LogP contribution in [0.2, 0.25) is 0 Å². The molecular weight excluding hydrogens is 412 g/mol. The summed E-state index contributed by atoms with van der Waals surface area (Å²) in [4.78, 5) is 73.7. The summed E-state index contributed by atoms with van der Waals surface area (Å²) in [6, 6.07) is 3.51. The molecule has 0 fully saturated rings. The first-order valence-corrected chi connectivity index (χ1v) is 12.5. The van der Waals surface area contributed by atoms with Gasteiger partial charge in [0.2, 0.25) is 0 Å². The molecule has 0 aromatic heterocycles. The average Bonchev–Trinajstić information content (AvgIpc) is 2.23. The van der Waals surface area contributed by atoms with Crippen molar-refractivity contribution in [2.24, 2.45) is 0 Å². The Labute approximate surface area is 134 Å². The SMILES string of the molecule is O=P(O)(O)C(c1ccccc1C(P(=O)(O)O)P(=O)(O)O)P(=O)(O)O. The van der Waals surface area contributed by atoms with Gasteiger partial charge < -0.3 is 39.1 Å². The number of benzene rings is 1. The Morgan fingerprint density at radius 1 is 0.542 bits per heavy atom. The van der Waals surface area contributed by atoms with Crippen LogP contribution in [0.5, 0.6) is 0 Å². The zero-order chi connectivity index (χ0) is 19.1. The molecule has 138 valence electrons. The molecule has 0 spiro atoms. The molecule has 12 nitrogen and oxygen atoms in total. The molecule has 0 atom stereocenters. The predicted octanol–water partition coefficient (Wildman–Crippen LogP) is 0.395. The summed E-state index contributed by atoms with van der Waals surface area (Å²) < 4.78 is 45.9. The summed E-state index contributed by atoms with van der Waals surface area (Å²) in [6.07, 6.45) is 0. The first-order chi connectivity index (χ1) is 10.5. The number of rotatable bonds is 6. The van der Waals surface area contributed by atoms with E-state index in [1.54, 1.807) is 0 Å². The molecule has 0 heterocycles. The molecule has 0 radical (unpaired) electrons. The molecule has 0 amide bonds. The topological polar surface area (TPSA) is 230 Å². The maximum atomic E-state index is 11.5. The van der Waals surface area contributed by atoms with Gasteiger partial charge in [-0.1, -0.05) is 24.3 Å². The second kappa shape index (κ2) is 6.85. The van der Waals surface area contributed by atoms with E-state index >= 15 is 0 Å². The lowest BCUT2D eigenvalue weighted by Crippen LogP contribution is -2.09. The van der Waals surface area contributed by atoms with Crippen LogP contribution in [0.15, 0.2) is 24.3 Å². The van der Waals surface area contributed by atoms with E-state index < -0.39 is 52.3 Å². The zero-order valence-electron chi connectivity index (χ0n) is 11.5. The Morgan fingerprint density at radius 3 is 0.917 bits per heavy atom. The first kappa shape index (κ1) is 21.9. The van der Waals surface area contributed by atoms with Crippen LogP contribution >= 0.6 is 30.4 Å². The van der Waals surface area contributed by atoms with Crippen molar-refractivity contribution in [1.29, 1.82) is 0 Å². The van der Waals surface area contributed by atoms with Gasteiger partial charge in [-0.15, -0.1) is 0 Å². The van der Waals surface area contributed by atoms with Crippen LogP contribution in [-0.2, 0) is 18.3 Å². The van der Waals surface area contributed by atoms with Gasteiger partial charge in [0, 0.05) is 0 Å². The van der Waals surface area contributed by atoms with E-state index in [0.29, 0.717) is 0 Å². The maximum Gasteiger partial charge on any atom is 0.345 e. The minimum Gasteiger partial charge on any atom is -0.324 e. The molecule has 0 saturated heterocycles. The molecule has 1 rings (SSSR count). The summed E-state index contributed by atoms with van der Waals surface area (Å²) in [5.41, 5.74) is -1.92. The lowest BCUT2D eigenvalue weighted by molar-refractivity contribution is 0.331. The van der Waals surface area contributed by atoms with Crippen LogP contribution in [0.1, 0.15) is 21.9 Å². The fraction of sp³-hybridized carbons (Fsp3) is 0.250. The van der Waals surface area contributed by atoms with Gasteiger partial charge in [0.1, 0.15) is 0 Å². The Balaban J connectivity index is 3.84. The van der Waals surface area contributed by atoms with Crippen LogP contribution in [-0.4, -0.2) is 39.1 Å². The van der Waals surface area contributed by atoms with E-state index in [-0.39, 0.29) is 0 Å². The minimum absolute atomic E-state index is 0.719. The second-order valence-corrected chi connectivity index (χ2v) is 12.3. The second-order valence-electron chi connectivity index (χ2n) is 4.73. The van der Waals surface area contributed by atoms with Gasteiger partial charge in [-0.3, -0.25) is 18.3 Å². The molecule has 0 aliphatic carbocycles. The summed E-state index contributed by atoms with van der Waals surface area (Å²) in [5.74, 6) is 0. The Hall–Kier alpha value is -0.180. The van der Waals surface area contributed by atoms with Crippen LogP contribution < -0.4 is 0 Å². The van der Waals surface area contributed by atoms with Crippen LogP contribution in [0.4, 0.5) is 0 Å². The molecule has 0 bridgehead atoms. The third-order valence-electron chi connectivity index (χ3n) is 2.83. The first-order valence-electron chi connectivity index (χ1n) is 5.77. The fourth-order valence-electron chi connectivity index (χ4n) is 2.10. The molecule has 1 aromatic rings. The van der Waals surface area contributed by atoms with Crippen molar-refractivity contribution < 1.29 is 57.4 Å². The van der Waals surface area contributed by atoms with E-state index in [0.717, 1.165) is 24.3 Å². The zero-order valence-corrected chi connectivity index (χ0v) is 15.0. The molecule has 0 aliphatic rings. The summed E-state index contributed by atoms with van der Waals surface area (Å²) >= 11 is 0. The Kier molecular flexibility index (Phi) is 6.24. The monoisotopic (exact) mass is 426 g/mol. The lowest BCUT2D eigenvalue weighted by Gasteiger charge is -2.27. The molecule has 0 unspecified atom stereocenters. The van der Waals surface area contributed by atoms with E-state index in [9.17, 15) is 57.4 Å². The average molecular weight is 426 g/mol. The fourth-order valence-corrected chi connectivity index (χ4v) is 7.62. The van der Waals surface area contributed by atoms with Gasteiger partial charge in [-0.2, -0.15) is 0 Å². The van der Waals surface area contributed by atoms with Gasteiger partial charge in [0.25, 0.3) is 0 Å². The van der Waals surface area contributed by atoms with Crippen molar-refractivity contribution in [3.05, 3.63) is 35.4 Å². The molecular formula is C8H14O12P4. The van der Waals surface area contributed by atoms with Crippen molar-refractivity contribution >= 4 is 30.4 Å². The number of hydrogen-bond acceptors (Lipinski definition) is 4. The van der Waals surface area contributed by atoms with Crippen molar-refractivity contribution in [1.82, 2.24) is 0 Å². The van der Waals surface area contributed by atoms with Crippen molar-refractivity contribution in [3.8, 4) is 0 Å². The lowest BCUT2D eigenvalue weighted by atomic mass is 10.1. The summed E-state index contributed by atoms with van der Waals surface area (Å²) in [6.45, 7) is 0. The maximum absolute atomic E-state index is 11.5.